The van der Waals surface area contributed by atoms with Gasteiger partial charge in [0.1, 0.15) is 0 Å². The highest BCUT2D eigenvalue weighted by atomic mass is 14.3. The fourth-order valence-electron chi connectivity index (χ4n) is 0.780. The first-order valence-corrected chi connectivity index (χ1v) is 2.56. The molecular weight excluding hydrogens is 72.1 g/mol. The van der Waals surface area contributed by atoms with Crippen LogP contribution in [-0.2, 0) is 0 Å². The summed E-state index contributed by atoms with van der Waals surface area (Å²) >= 11 is 0. The Bertz CT molecular complexity index is 47.1. The van der Waals surface area contributed by atoms with Crippen LogP contribution in [0.1, 0.15) is 26.2 Å². The van der Waals surface area contributed by atoms with Crippen molar-refractivity contribution in [2.75, 3.05) is 0 Å². The molecule has 1 aliphatic carbocycles. The third-order valence-electron chi connectivity index (χ3n) is 1.56. The van der Waals surface area contributed by atoms with Crippen molar-refractivity contribution in [1.82, 2.24) is 0 Å². The van der Waals surface area contributed by atoms with E-state index in [0.717, 1.165) is 0 Å². The molecular formula is C6H11-. The van der Waals surface area contributed by atoms with E-state index in [9.17, 15) is 0 Å². The fourth-order valence-corrected chi connectivity index (χ4v) is 0.780. The largest absolute Gasteiger partial charge is 0.337 e. The van der Waals surface area contributed by atoms with Gasteiger partial charge in [-0.25, -0.2) is 0 Å². The van der Waals surface area contributed by atoms with Crippen LogP contribution < -0.4 is 0 Å². The minimum atomic E-state index is 0.472. The second-order valence-corrected chi connectivity index (χ2v) is 2.66. The summed E-state index contributed by atoms with van der Waals surface area (Å²) in [6, 6.07) is 0. The van der Waals surface area contributed by atoms with Gasteiger partial charge in [0.25, 0.3) is 0 Å². The molecule has 6 heavy (non-hydrogen) atoms. The second kappa shape index (κ2) is 0.988. The summed E-state index contributed by atoms with van der Waals surface area (Å²) in [4.78, 5) is 0. The van der Waals surface area contributed by atoms with Crippen LogP contribution in [0, 0.1) is 12.3 Å². The molecule has 0 amide bonds. The third-order valence-corrected chi connectivity index (χ3v) is 1.56. The fraction of sp³-hybridized carbons (Fsp3) is 0.833. The van der Waals surface area contributed by atoms with E-state index in [1.807, 2.05) is 0 Å². The smallest absolute Gasteiger partial charge is 0.0572 e. The van der Waals surface area contributed by atoms with Gasteiger partial charge in [-0.05, 0) is 0 Å². The molecule has 0 heteroatoms. The highest BCUT2D eigenvalue weighted by Gasteiger charge is 2.17. The zero-order chi connectivity index (χ0) is 4.62. The van der Waals surface area contributed by atoms with Crippen molar-refractivity contribution in [1.29, 1.82) is 0 Å². The lowest BCUT2D eigenvalue weighted by Crippen LogP contribution is -2.20. The molecule has 0 N–H and O–H groups in total. The first-order valence-electron chi connectivity index (χ1n) is 2.56. The average molecular weight is 83.2 g/mol. The molecule has 1 fully saturated rings. The van der Waals surface area contributed by atoms with E-state index in [2.05, 4.69) is 13.8 Å². The highest BCUT2D eigenvalue weighted by Crippen LogP contribution is 2.38. The molecule has 1 saturated carbocycles. The van der Waals surface area contributed by atoms with Crippen molar-refractivity contribution in [3.63, 3.8) is 0 Å². The summed E-state index contributed by atoms with van der Waals surface area (Å²) in [6.07, 6.45) is 4.08. The number of rotatable bonds is 0. The van der Waals surface area contributed by atoms with Crippen molar-refractivity contribution in [3.05, 3.63) is 6.92 Å². The van der Waals surface area contributed by atoms with Crippen LogP contribution in [0.25, 0.3) is 0 Å². The van der Waals surface area contributed by atoms with Crippen molar-refractivity contribution >= 4 is 0 Å². The second-order valence-electron chi connectivity index (χ2n) is 2.66. The summed E-state index contributed by atoms with van der Waals surface area (Å²) in [5.41, 5.74) is 0.472. The van der Waals surface area contributed by atoms with Gasteiger partial charge < -0.3 is 6.92 Å². The van der Waals surface area contributed by atoms with Crippen LogP contribution in [0.15, 0.2) is 0 Å². The van der Waals surface area contributed by atoms with Gasteiger partial charge >= 0.3 is 0 Å². The molecule has 36 valence electrons. The van der Waals surface area contributed by atoms with E-state index in [0.29, 0.717) is 5.41 Å². The van der Waals surface area contributed by atoms with Crippen LogP contribution in [0.5, 0.6) is 0 Å². The van der Waals surface area contributed by atoms with E-state index >= 15 is 0 Å². The quantitative estimate of drug-likeness (QED) is 0.393. The number of hydrogen-bond acceptors (Lipinski definition) is 0. The molecule has 0 radical (unpaired) electrons. The van der Waals surface area contributed by atoms with Gasteiger partial charge in [0.15, 0.2) is 0 Å². The molecule has 0 spiro atoms. The molecule has 1 aliphatic rings. The zero-order valence-corrected chi connectivity index (χ0v) is 4.33. The van der Waals surface area contributed by atoms with Crippen molar-refractivity contribution in [2.45, 2.75) is 26.2 Å². The Hall–Kier alpha value is 0. The molecule has 1 rings (SSSR count). The first kappa shape index (κ1) is 4.17. The summed E-state index contributed by atoms with van der Waals surface area (Å²) in [7, 11) is 0. The average Bonchev–Trinajstić information content (AvgIpc) is 1.32. The van der Waals surface area contributed by atoms with Crippen LogP contribution in [0.3, 0.4) is 0 Å². The lowest BCUT2D eigenvalue weighted by molar-refractivity contribution is 0.230. The van der Waals surface area contributed by atoms with E-state index < -0.39 is 0 Å². The molecule has 0 atom stereocenters. The Kier molecular flexibility index (Phi) is 0.686. The predicted molar refractivity (Wildman–Crippen MR) is 27.3 cm³/mol. The molecule has 0 aromatic rings. The monoisotopic (exact) mass is 83.1 g/mol. The zero-order valence-electron chi connectivity index (χ0n) is 4.33. The van der Waals surface area contributed by atoms with Crippen LogP contribution in [0.2, 0.25) is 0 Å². The summed E-state index contributed by atoms with van der Waals surface area (Å²) in [6.45, 7) is 6.19. The van der Waals surface area contributed by atoms with Crippen LogP contribution in [-0.4, -0.2) is 0 Å². The van der Waals surface area contributed by atoms with E-state index in [4.69, 9.17) is 0 Å². The third kappa shape index (κ3) is 0.562. The molecule has 0 heterocycles. The molecule has 0 aromatic heterocycles. The van der Waals surface area contributed by atoms with Gasteiger partial charge in [0.2, 0.25) is 0 Å². The Morgan fingerprint density at radius 1 is 1.50 bits per heavy atom. The normalized spacial score (nSPS) is 29.0. The molecule has 0 unspecified atom stereocenters. The number of hydrogen-bond donors (Lipinski definition) is 0. The van der Waals surface area contributed by atoms with E-state index in [1.54, 1.807) is 0 Å². The van der Waals surface area contributed by atoms with Gasteiger partial charge in [-0.15, -0.1) is 0 Å². The Morgan fingerprint density at radius 2 is 1.83 bits per heavy atom. The Balaban J connectivity index is 2.31. The van der Waals surface area contributed by atoms with Gasteiger partial charge in [-0.1, -0.05) is 26.2 Å². The molecule has 0 saturated heterocycles. The van der Waals surface area contributed by atoms with E-state index in [-0.39, 0.29) is 0 Å². The van der Waals surface area contributed by atoms with Crippen molar-refractivity contribution in [2.24, 2.45) is 5.41 Å². The molecule has 0 aliphatic heterocycles. The van der Waals surface area contributed by atoms with Gasteiger partial charge in [0, 0.05) is 0 Å². The SMILES string of the molecule is [CH2-]C1(C)CCC1. The molecule has 0 bridgehead atoms. The maximum absolute atomic E-state index is 3.98. The minimum absolute atomic E-state index is 0.472. The van der Waals surface area contributed by atoms with Crippen molar-refractivity contribution in [3.8, 4) is 0 Å². The lowest BCUT2D eigenvalue weighted by Gasteiger charge is -2.41. The van der Waals surface area contributed by atoms with E-state index in [1.165, 1.54) is 19.3 Å². The van der Waals surface area contributed by atoms with Crippen LogP contribution >= 0.6 is 0 Å². The predicted octanol–water partition coefficient (Wildman–Crippen LogP) is 2.01. The minimum Gasteiger partial charge on any atom is -0.337 e. The summed E-state index contributed by atoms with van der Waals surface area (Å²) < 4.78 is 0. The molecule has 0 nitrogen and oxygen atoms in total. The van der Waals surface area contributed by atoms with Gasteiger partial charge in [-0.3, -0.25) is 0 Å². The maximum atomic E-state index is 3.98. The van der Waals surface area contributed by atoms with Gasteiger partial charge in [0.05, 0.1) is 0 Å². The Labute approximate surface area is 39.6 Å². The standard InChI is InChI=1S/C6H11/c1-6(2)4-3-5-6/h1,3-5H2,2H3/q-1. The topological polar surface area (TPSA) is 0 Å². The highest BCUT2D eigenvalue weighted by molar-refractivity contribution is 4.84. The summed E-state index contributed by atoms with van der Waals surface area (Å²) in [5, 5.41) is 0. The van der Waals surface area contributed by atoms with Crippen molar-refractivity contribution < 1.29 is 0 Å². The lowest BCUT2D eigenvalue weighted by atomic mass is 9.72. The Morgan fingerprint density at radius 3 is 1.83 bits per heavy atom. The first-order chi connectivity index (χ1) is 2.71. The van der Waals surface area contributed by atoms with Crippen LogP contribution in [0.4, 0.5) is 0 Å². The molecule has 0 aromatic carbocycles. The maximum Gasteiger partial charge on any atom is -0.0572 e. The van der Waals surface area contributed by atoms with Gasteiger partial charge in [-0.2, -0.15) is 5.41 Å². The summed E-state index contributed by atoms with van der Waals surface area (Å²) in [5.74, 6) is 0.